The van der Waals surface area contributed by atoms with Crippen molar-refractivity contribution in [3.05, 3.63) is 54.4 Å². The van der Waals surface area contributed by atoms with E-state index in [9.17, 15) is 9.59 Å². The summed E-state index contributed by atoms with van der Waals surface area (Å²) < 4.78 is 5.92. The van der Waals surface area contributed by atoms with Gasteiger partial charge in [-0.15, -0.1) is 0 Å². The van der Waals surface area contributed by atoms with Crippen LogP contribution in [0.5, 0.6) is 0 Å². The molecular weight excluding hydrogens is 386 g/mol. The maximum atomic E-state index is 12.8. The number of nitrogen functional groups attached to an aromatic ring is 1. The molecule has 2 bridgehead atoms. The fourth-order valence-electron chi connectivity index (χ4n) is 4.24. The SMILES string of the molecule is Nc1cncc(C(=O)NCC23CC(NC(=O)c4ccc5ncncc5c4)(CO2)C3)n1. The van der Waals surface area contributed by atoms with Crippen LogP contribution in [-0.2, 0) is 4.74 Å². The fraction of sp³-hybridized carbons (Fsp3) is 0.300. The molecule has 4 N–H and O–H groups in total. The maximum absolute atomic E-state index is 12.8. The number of benzene rings is 1. The van der Waals surface area contributed by atoms with Gasteiger partial charge in [-0.2, -0.15) is 0 Å². The number of nitrogens with zero attached hydrogens (tertiary/aromatic N) is 4. The molecule has 3 fully saturated rings. The molecule has 2 aromatic heterocycles. The lowest BCUT2D eigenvalue weighted by atomic mass is 9.68. The van der Waals surface area contributed by atoms with Gasteiger partial charge in [0.2, 0.25) is 0 Å². The van der Waals surface area contributed by atoms with Crippen LogP contribution in [0.15, 0.2) is 43.1 Å². The molecule has 2 saturated heterocycles. The Bertz CT molecular complexity index is 1160. The molecule has 10 nitrogen and oxygen atoms in total. The van der Waals surface area contributed by atoms with Crippen molar-refractivity contribution in [1.29, 1.82) is 0 Å². The Morgan fingerprint density at radius 2 is 2.00 bits per heavy atom. The zero-order chi connectivity index (χ0) is 20.8. The Kier molecular flexibility index (Phi) is 4.10. The summed E-state index contributed by atoms with van der Waals surface area (Å²) in [6, 6.07) is 5.32. The zero-order valence-corrected chi connectivity index (χ0v) is 16.0. The fourth-order valence-corrected chi connectivity index (χ4v) is 4.24. The Balaban J connectivity index is 1.20. The van der Waals surface area contributed by atoms with Crippen molar-refractivity contribution in [2.24, 2.45) is 0 Å². The lowest BCUT2D eigenvalue weighted by molar-refractivity contribution is -0.00365. The van der Waals surface area contributed by atoms with Crippen LogP contribution in [0.25, 0.3) is 10.9 Å². The van der Waals surface area contributed by atoms with Crippen LogP contribution in [0, 0.1) is 0 Å². The number of nitrogens with two attached hydrogens (primary N) is 1. The Hall–Kier alpha value is -3.66. The Labute approximate surface area is 171 Å². The number of aromatic nitrogens is 4. The van der Waals surface area contributed by atoms with Crippen LogP contribution in [0.2, 0.25) is 0 Å². The zero-order valence-electron chi connectivity index (χ0n) is 16.0. The van der Waals surface area contributed by atoms with Gasteiger partial charge in [-0.3, -0.25) is 14.6 Å². The number of hydrogen-bond donors (Lipinski definition) is 3. The average Bonchev–Trinajstić information content (AvgIpc) is 3.27. The summed E-state index contributed by atoms with van der Waals surface area (Å²) in [4.78, 5) is 41.0. The van der Waals surface area contributed by atoms with E-state index in [0.717, 1.165) is 10.9 Å². The van der Waals surface area contributed by atoms with E-state index in [1.54, 1.807) is 24.4 Å². The number of hydrogen-bond acceptors (Lipinski definition) is 8. The largest absolute Gasteiger partial charge is 0.382 e. The predicted molar refractivity (Wildman–Crippen MR) is 106 cm³/mol. The third kappa shape index (κ3) is 3.20. The smallest absolute Gasteiger partial charge is 0.271 e. The summed E-state index contributed by atoms with van der Waals surface area (Å²) in [5.41, 5.74) is 6.16. The van der Waals surface area contributed by atoms with Gasteiger partial charge in [0, 0.05) is 36.5 Å². The topological polar surface area (TPSA) is 145 Å². The lowest BCUT2D eigenvalue weighted by Crippen LogP contribution is -2.62. The van der Waals surface area contributed by atoms with Gasteiger partial charge in [0.25, 0.3) is 11.8 Å². The van der Waals surface area contributed by atoms with Gasteiger partial charge >= 0.3 is 0 Å². The highest BCUT2D eigenvalue weighted by Crippen LogP contribution is 2.51. The van der Waals surface area contributed by atoms with E-state index in [-0.39, 0.29) is 23.3 Å². The number of ether oxygens (including phenoxy) is 1. The van der Waals surface area contributed by atoms with Crippen molar-refractivity contribution in [3.63, 3.8) is 0 Å². The summed E-state index contributed by atoms with van der Waals surface area (Å²) >= 11 is 0. The highest BCUT2D eigenvalue weighted by Gasteiger charge is 2.63. The molecule has 2 amide bonds. The van der Waals surface area contributed by atoms with Crippen molar-refractivity contribution < 1.29 is 14.3 Å². The van der Waals surface area contributed by atoms with Gasteiger partial charge in [-0.1, -0.05) is 0 Å². The molecule has 6 rings (SSSR count). The van der Waals surface area contributed by atoms with Gasteiger partial charge < -0.3 is 21.1 Å². The van der Waals surface area contributed by atoms with Crippen molar-refractivity contribution in [1.82, 2.24) is 30.6 Å². The second-order valence-corrected chi connectivity index (χ2v) is 7.87. The van der Waals surface area contributed by atoms with E-state index in [4.69, 9.17) is 10.5 Å². The summed E-state index contributed by atoms with van der Waals surface area (Å²) in [5.74, 6) is -0.345. The van der Waals surface area contributed by atoms with Crippen LogP contribution < -0.4 is 16.4 Å². The number of carbonyl (C=O) groups excluding carboxylic acids is 2. The number of anilines is 1. The molecule has 0 spiro atoms. The minimum absolute atomic E-state index is 0.156. The third-order valence-corrected chi connectivity index (χ3v) is 5.58. The van der Waals surface area contributed by atoms with Gasteiger partial charge in [-0.05, 0) is 18.2 Å². The molecule has 4 heterocycles. The molecule has 2 aliphatic heterocycles. The van der Waals surface area contributed by atoms with E-state index in [1.165, 1.54) is 18.7 Å². The first-order chi connectivity index (χ1) is 14.5. The van der Waals surface area contributed by atoms with Crippen LogP contribution in [0.1, 0.15) is 33.7 Å². The number of rotatable bonds is 5. The van der Waals surface area contributed by atoms with Crippen molar-refractivity contribution in [2.45, 2.75) is 24.0 Å². The molecule has 30 heavy (non-hydrogen) atoms. The Morgan fingerprint density at radius 3 is 2.83 bits per heavy atom. The summed E-state index contributed by atoms with van der Waals surface area (Å²) in [6.45, 7) is 0.733. The average molecular weight is 405 g/mol. The van der Waals surface area contributed by atoms with E-state index in [0.29, 0.717) is 31.6 Å². The molecular formula is C20H19N7O3. The van der Waals surface area contributed by atoms with Crippen LogP contribution in [-0.4, -0.2) is 56.0 Å². The molecule has 0 atom stereocenters. The third-order valence-electron chi connectivity index (χ3n) is 5.58. The number of carbonyl (C=O) groups is 2. The van der Waals surface area contributed by atoms with Crippen molar-refractivity contribution in [2.75, 3.05) is 18.9 Å². The molecule has 3 aromatic rings. The minimum Gasteiger partial charge on any atom is -0.382 e. The molecule has 3 aliphatic rings. The summed E-state index contributed by atoms with van der Waals surface area (Å²) in [6.07, 6.45) is 7.15. The first-order valence-corrected chi connectivity index (χ1v) is 9.48. The first-order valence-electron chi connectivity index (χ1n) is 9.48. The van der Waals surface area contributed by atoms with Crippen LogP contribution in [0.4, 0.5) is 5.82 Å². The highest BCUT2D eigenvalue weighted by atomic mass is 16.5. The van der Waals surface area contributed by atoms with Crippen molar-refractivity contribution >= 4 is 28.5 Å². The first kappa shape index (κ1) is 18.4. The summed E-state index contributed by atoms with van der Waals surface area (Å²) in [7, 11) is 0. The molecule has 0 radical (unpaired) electrons. The highest BCUT2D eigenvalue weighted by molar-refractivity contribution is 5.98. The molecule has 0 unspecified atom stereocenters. The molecule has 10 heteroatoms. The van der Waals surface area contributed by atoms with Gasteiger partial charge in [0.1, 0.15) is 17.8 Å². The van der Waals surface area contributed by atoms with Crippen molar-refractivity contribution in [3.8, 4) is 0 Å². The van der Waals surface area contributed by atoms with E-state index in [1.807, 2.05) is 0 Å². The minimum atomic E-state index is -0.478. The Morgan fingerprint density at radius 1 is 1.13 bits per heavy atom. The van der Waals surface area contributed by atoms with Crippen LogP contribution in [0.3, 0.4) is 0 Å². The summed E-state index contributed by atoms with van der Waals surface area (Å²) in [5, 5.41) is 6.72. The molecule has 152 valence electrons. The second kappa shape index (κ2) is 6.70. The molecule has 1 saturated carbocycles. The lowest BCUT2D eigenvalue weighted by Gasteiger charge is -2.44. The van der Waals surface area contributed by atoms with Gasteiger partial charge in [-0.25, -0.2) is 15.0 Å². The number of amides is 2. The molecule has 1 aliphatic carbocycles. The quantitative estimate of drug-likeness (QED) is 0.555. The number of fused-ring (bicyclic) bond motifs is 2. The van der Waals surface area contributed by atoms with Crippen LogP contribution >= 0.6 is 0 Å². The van der Waals surface area contributed by atoms with E-state index < -0.39 is 11.1 Å². The van der Waals surface area contributed by atoms with Gasteiger partial charge in [0.05, 0.1) is 35.7 Å². The monoisotopic (exact) mass is 405 g/mol. The van der Waals surface area contributed by atoms with Gasteiger partial charge in [0.15, 0.2) is 0 Å². The second-order valence-electron chi connectivity index (χ2n) is 7.87. The maximum Gasteiger partial charge on any atom is 0.271 e. The standard InChI is InChI=1S/C20H19N7O3/c21-16-6-22-5-15(26-16)18(29)24-9-20-7-19(8-20,10-30-20)27-17(28)12-1-2-14-13(3-12)4-23-11-25-14/h1-6,11H,7-10H2,(H2,21,26)(H,24,29)(H,27,28). The van der Waals surface area contributed by atoms with E-state index >= 15 is 0 Å². The number of nitrogens with one attached hydrogen (secondary N) is 2. The molecule has 1 aromatic carbocycles. The normalized spacial score (nSPS) is 24.3. The van der Waals surface area contributed by atoms with E-state index in [2.05, 4.69) is 30.6 Å². The predicted octanol–water partition coefficient (Wildman–Crippen LogP) is 0.463.